The quantitative estimate of drug-likeness (QED) is 0.860. The molecule has 0 spiro atoms. The largest absolute Gasteiger partial charge is 0.373 e. The number of allylic oxidation sites excluding steroid dienone is 1. The van der Waals surface area contributed by atoms with Gasteiger partial charge in [-0.3, -0.25) is 4.79 Å². The molecule has 0 saturated carbocycles. The van der Waals surface area contributed by atoms with Crippen molar-refractivity contribution in [3.05, 3.63) is 59.4 Å². The zero-order valence-electron chi connectivity index (χ0n) is 14.8. The fourth-order valence-corrected chi connectivity index (χ4v) is 3.11. The van der Waals surface area contributed by atoms with Gasteiger partial charge in [0.05, 0.1) is 24.7 Å². The molecule has 130 valence electrons. The van der Waals surface area contributed by atoms with E-state index in [1.54, 1.807) is 0 Å². The maximum atomic E-state index is 12.4. The van der Waals surface area contributed by atoms with Gasteiger partial charge in [-0.1, -0.05) is 30.2 Å². The van der Waals surface area contributed by atoms with Crippen LogP contribution >= 0.6 is 0 Å². The highest BCUT2D eigenvalue weighted by Gasteiger charge is 2.24. The van der Waals surface area contributed by atoms with Crippen molar-refractivity contribution in [2.24, 2.45) is 0 Å². The second-order valence-electron chi connectivity index (χ2n) is 6.89. The highest BCUT2D eigenvalue weighted by atomic mass is 16.5. The summed E-state index contributed by atoms with van der Waals surface area (Å²) in [5.74, 6) is 2.73. The monoisotopic (exact) mass is 336 g/mol. The van der Waals surface area contributed by atoms with Gasteiger partial charge in [-0.05, 0) is 43.5 Å². The van der Waals surface area contributed by atoms with Crippen molar-refractivity contribution in [2.75, 3.05) is 13.2 Å². The Morgan fingerprint density at radius 3 is 2.96 bits per heavy atom. The summed E-state index contributed by atoms with van der Waals surface area (Å²) in [5.41, 5.74) is 2.86. The number of benzene rings is 1. The van der Waals surface area contributed by atoms with Gasteiger partial charge >= 0.3 is 0 Å². The smallest absolute Gasteiger partial charge is 0.227 e. The van der Waals surface area contributed by atoms with Crippen molar-refractivity contribution in [3.8, 4) is 12.3 Å². The van der Waals surface area contributed by atoms with Crippen LogP contribution in [0.5, 0.6) is 0 Å². The predicted octanol–water partition coefficient (Wildman–Crippen LogP) is 2.93. The average molecular weight is 336 g/mol. The molecule has 2 heterocycles. The molecule has 0 radical (unpaired) electrons. The number of hydrogen-bond acceptors (Lipinski definition) is 3. The van der Waals surface area contributed by atoms with Gasteiger partial charge < -0.3 is 15.0 Å². The van der Waals surface area contributed by atoms with Crippen LogP contribution in [-0.2, 0) is 16.0 Å². The number of carbonyl (C=O) groups excluding carboxylic acids is 1. The molecule has 0 saturated heterocycles. The van der Waals surface area contributed by atoms with Crippen LogP contribution in [0.3, 0.4) is 0 Å². The first-order chi connectivity index (χ1) is 12.0. The van der Waals surface area contributed by atoms with Gasteiger partial charge in [0.15, 0.2) is 0 Å². The van der Waals surface area contributed by atoms with E-state index < -0.39 is 0 Å². The standard InChI is InChI=1S/C21H24N2O2/c1-4-21(2,3)23-12-9-17(10-13-23)22-20(24)15-19-18-8-6-5-7-16(18)11-14-25-19/h1,5-10,12,19H,11,13-15H2,2-3H3,(H,22,24). The van der Waals surface area contributed by atoms with Gasteiger partial charge in [-0.15, -0.1) is 6.42 Å². The lowest BCUT2D eigenvalue weighted by molar-refractivity contribution is -0.123. The number of fused-ring (bicyclic) bond motifs is 1. The van der Waals surface area contributed by atoms with Gasteiger partial charge in [0.1, 0.15) is 0 Å². The van der Waals surface area contributed by atoms with Crippen LogP contribution in [0.15, 0.2) is 48.3 Å². The lowest BCUT2D eigenvalue weighted by Crippen LogP contribution is -2.40. The molecule has 1 aromatic carbocycles. The van der Waals surface area contributed by atoms with Gasteiger partial charge in [0, 0.05) is 18.4 Å². The van der Waals surface area contributed by atoms with Crippen molar-refractivity contribution in [1.82, 2.24) is 10.2 Å². The number of nitrogens with zero attached hydrogens (tertiary/aromatic N) is 1. The number of rotatable bonds is 4. The lowest BCUT2D eigenvalue weighted by Gasteiger charge is -2.34. The van der Waals surface area contributed by atoms with Crippen LogP contribution in [0.4, 0.5) is 0 Å². The number of carbonyl (C=O) groups is 1. The minimum atomic E-state index is -0.345. The normalized spacial score (nSPS) is 19.6. The molecule has 0 fully saturated rings. The molecule has 2 aliphatic rings. The van der Waals surface area contributed by atoms with E-state index in [-0.39, 0.29) is 17.6 Å². The molecule has 1 atom stereocenters. The Labute approximate surface area is 149 Å². The summed E-state index contributed by atoms with van der Waals surface area (Å²) >= 11 is 0. The first kappa shape index (κ1) is 17.3. The molecule has 25 heavy (non-hydrogen) atoms. The van der Waals surface area contributed by atoms with Crippen LogP contribution in [0.1, 0.15) is 37.5 Å². The van der Waals surface area contributed by atoms with Crippen LogP contribution < -0.4 is 5.32 Å². The van der Waals surface area contributed by atoms with E-state index in [1.807, 2.05) is 50.4 Å². The summed E-state index contributed by atoms with van der Waals surface area (Å²) < 4.78 is 5.81. The number of hydrogen-bond donors (Lipinski definition) is 1. The van der Waals surface area contributed by atoms with E-state index >= 15 is 0 Å². The molecule has 1 unspecified atom stereocenters. The third-order valence-electron chi connectivity index (χ3n) is 4.76. The van der Waals surface area contributed by atoms with Crippen LogP contribution in [0, 0.1) is 12.3 Å². The van der Waals surface area contributed by atoms with Gasteiger partial charge in [0.25, 0.3) is 0 Å². The number of terminal acetylenes is 1. The topological polar surface area (TPSA) is 41.6 Å². The van der Waals surface area contributed by atoms with Gasteiger partial charge in [-0.2, -0.15) is 0 Å². The van der Waals surface area contributed by atoms with Gasteiger partial charge in [0.2, 0.25) is 5.91 Å². The van der Waals surface area contributed by atoms with E-state index in [2.05, 4.69) is 22.2 Å². The van der Waals surface area contributed by atoms with Crippen molar-refractivity contribution in [2.45, 2.75) is 38.3 Å². The molecule has 1 N–H and O–H groups in total. The summed E-state index contributed by atoms with van der Waals surface area (Å²) in [5, 5.41) is 2.96. The molecule has 4 heteroatoms. The third-order valence-corrected chi connectivity index (χ3v) is 4.76. The molecule has 2 aliphatic heterocycles. The molecule has 0 aromatic heterocycles. The van der Waals surface area contributed by atoms with Crippen LogP contribution in [0.25, 0.3) is 0 Å². The first-order valence-corrected chi connectivity index (χ1v) is 8.62. The summed E-state index contributed by atoms with van der Waals surface area (Å²) in [4.78, 5) is 14.5. The van der Waals surface area contributed by atoms with E-state index in [9.17, 15) is 4.79 Å². The Kier molecular flexibility index (Phi) is 4.96. The van der Waals surface area contributed by atoms with Crippen LogP contribution in [-0.4, -0.2) is 29.5 Å². The Balaban J connectivity index is 1.58. The first-order valence-electron chi connectivity index (χ1n) is 8.62. The maximum Gasteiger partial charge on any atom is 0.227 e. The Morgan fingerprint density at radius 1 is 1.44 bits per heavy atom. The van der Waals surface area contributed by atoms with E-state index in [0.717, 1.165) is 17.7 Å². The van der Waals surface area contributed by atoms with E-state index in [4.69, 9.17) is 11.2 Å². The third kappa shape index (κ3) is 3.94. The number of ether oxygens (including phenoxy) is 1. The predicted molar refractivity (Wildman–Crippen MR) is 98.4 cm³/mol. The highest BCUT2D eigenvalue weighted by Crippen LogP contribution is 2.29. The second-order valence-corrected chi connectivity index (χ2v) is 6.89. The summed E-state index contributed by atoms with van der Waals surface area (Å²) in [6.45, 7) is 5.32. The fourth-order valence-electron chi connectivity index (χ4n) is 3.11. The summed E-state index contributed by atoms with van der Waals surface area (Å²) in [7, 11) is 0. The molecular weight excluding hydrogens is 312 g/mol. The molecule has 1 amide bonds. The Morgan fingerprint density at radius 2 is 2.24 bits per heavy atom. The van der Waals surface area contributed by atoms with Crippen LogP contribution in [0.2, 0.25) is 0 Å². The number of amides is 1. The molecule has 4 nitrogen and oxygen atoms in total. The van der Waals surface area contributed by atoms with Crippen molar-refractivity contribution in [3.63, 3.8) is 0 Å². The highest BCUT2D eigenvalue weighted by molar-refractivity contribution is 5.79. The second kappa shape index (κ2) is 7.16. The number of nitrogens with one attached hydrogen (secondary N) is 1. The van der Waals surface area contributed by atoms with E-state index in [0.29, 0.717) is 19.6 Å². The van der Waals surface area contributed by atoms with Gasteiger partial charge in [-0.25, -0.2) is 0 Å². The van der Waals surface area contributed by atoms with Crippen molar-refractivity contribution >= 4 is 5.91 Å². The molecular formula is C21H24N2O2. The summed E-state index contributed by atoms with van der Waals surface area (Å²) in [6, 6.07) is 8.18. The van der Waals surface area contributed by atoms with E-state index in [1.165, 1.54) is 5.56 Å². The molecule has 1 aromatic rings. The summed E-state index contributed by atoms with van der Waals surface area (Å²) in [6.07, 6.45) is 12.4. The Hall–Kier alpha value is -2.51. The molecule has 0 aliphatic carbocycles. The molecule has 0 bridgehead atoms. The fraction of sp³-hybridized carbons (Fsp3) is 0.381. The minimum Gasteiger partial charge on any atom is -0.373 e. The van der Waals surface area contributed by atoms with Crippen molar-refractivity contribution < 1.29 is 9.53 Å². The lowest BCUT2D eigenvalue weighted by atomic mass is 9.95. The zero-order chi connectivity index (χ0) is 17.9. The minimum absolute atomic E-state index is 0.0396. The zero-order valence-corrected chi connectivity index (χ0v) is 14.8. The average Bonchev–Trinajstić information content (AvgIpc) is 2.62. The maximum absolute atomic E-state index is 12.4. The SMILES string of the molecule is C#CC(C)(C)N1C=CC(NC(=O)CC2OCCc3ccccc32)=CC1. The Bertz CT molecular complexity index is 755. The van der Waals surface area contributed by atoms with Crippen molar-refractivity contribution in [1.29, 1.82) is 0 Å². The molecule has 3 rings (SSSR count).